The Balaban J connectivity index is 5.99. The highest BCUT2D eigenvalue weighted by Crippen LogP contribution is 2.13. The van der Waals surface area contributed by atoms with E-state index in [-0.39, 0.29) is 55.5 Å². The Labute approximate surface area is 278 Å². The summed E-state index contributed by atoms with van der Waals surface area (Å²) in [6, 6.07) is -5.30. The quantitative estimate of drug-likeness (QED) is 0.0342. The zero-order valence-electron chi connectivity index (χ0n) is 28.8. The molecule has 0 radical (unpaired) electrons. The number of hydrogen-bond acceptors (Lipinski definition) is 8. The summed E-state index contributed by atoms with van der Waals surface area (Å²) in [5.41, 5.74) is 27.5. The second-order valence-corrected chi connectivity index (χ2v) is 12.3. The molecule has 0 aromatic heterocycles. The lowest BCUT2D eigenvalue weighted by molar-refractivity contribution is -0.144. The molecule has 47 heavy (non-hydrogen) atoms. The van der Waals surface area contributed by atoms with E-state index in [1.165, 1.54) is 0 Å². The molecule has 0 saturated carbocycles. The number of carboxylic acids is 1. The van der Waals surface area contributed by atoms with Gasteiger partial charge < -0.3 is 55.0 Å². The van der Waals surface area contributed by atoms with Gasteiger partial charge in [-0.25, -0.2) is 4.79 Å². The van der Waals surface area contributed by atoms with Gasteiger partial charge in [0.1, 0.15) is 24.2 Å². The van der Waals surface area contributed by atoms with Gasteiger partial charge in [0.15, 0.2) is 11.9 Å². The van der Waals surface area contributed by atoms with Crippen LogP contribution in [0.1, 0.15) is 86.5 Å². The molecular formula is C30H59N11O6. The average molecular weight is 670 g/mol. The summed E-state index contributed by atoms with van der Waals surface area (Å²) < 4.78 is 0. The molecule has 0 bridgehead atoms. The second kappa shape index (κ2) is 22.4. The first-order valence-corrected chi connectivity index (χ1v) is 16.2. The number of carboxylic acid groups (broad SMARTS) is 1. The van der Waals surface area contributed by atoms with Crippen LogP contribution >= 0.6 is 0 Å². The van der Waals surface area contributed by atoms with Gasteiger partial charge in [-0.3, -0.25) is 29.2 Å². The van der Waals surface area contributed by atoms with Crippen LogP contribution in [0.4, 0.5) is 0 Å². The third-order valence-electron chi connectivity index (χ3n) is 7.79. The van der Waals surface area contributed by atoms with Crippen LogP contribution in [0.3, 0.4) is 0 Å². The predicted molar refractivity (Wildman–Crippen MR) is 182 cm³/mol. The van der Waals surface area contributed by atoms with E-state index in [9.17, 15) is 29.1 Å². The van der Waals surface area contributed by atoms with Gasteiger partial charge in [-0.05, 0) is 49.9 Å². The molecule has 0 saturated heterocycles. The Morgan fingerprint density at radius 1 is 0.638 bits per heavy atom. The van der Waals surface area contributed by atoms with Crippen molar-refractivity contribution in [3.05, 3.63) is 0 Å². The maximum Gasteiger partial charge on any atom is 0.326 e. The lowest BCUT2D eigenvalue weighted by atomic mass is 9.96. The highest BCUT2D eigenvalue weighted by Gasteiger charge is 2.34. The number of aliphatic carboxylic acids is 1. The zero-order valence-corrected chi connectivity index (χ0v) is 28.8. The number of nitrogens with two attached hydrogens (primary N) is 5. The normalized spacial score (nSPS) is 15.5. The third-order valence-corrected chi connectivity index (χ3v) is 7.79. The summed E-state index contributed by atoms with van der Waals surface area (Å²) >= 11 is 0. The third kappa shape index (κ3) is 17.4. The number of nitrogens with one attached hydrogen (secondary N) is 4. The number of carbonyl (C=O) groups excluding carboxylic acids is 4. The minimum absolute atomic E-state index is 0.0442. The lowest BCUT2D eigenvalue weighted by Gasteiger charge is -2.29. The molecule has 0 aliphatic carbocycles. The highest BCUT2D eigenvalue weighted by molar-refractivity contribution is 5.95. The molecule has 4 amide bonds. The first-order chi connectivity index (χ1) is 21.9. The van der Waals surface area contributed by atoms with Gasteiger partial charge in [-0.1, -0.05) is 54.4 Å². The average Bonchev–Trinajstić information content (AvgIpc) is 2.99. The molecule has 17 heteroatoms. The minimum Gasteiger partial charge on any atom is -0.480 e. The number of guanidine groups is 2. The highest BCUT2D eigenvalue weighted by atomic mass is 16.4. The van der Waals surface area contributed by atoms with E-state index >= 15 is 0 Å². The number of aliphatic imine (C=N–C) groups is 2. The Morgan fingerprint density at radius 2 is 1.09 bits per heavy atom. The SMILES string of the molecule is CC[C@H](C)[C@H](NC(=O)[C@H](CCCN=C(N)N)NC(=O)[C@@H](CC(C)C)NC(=O)[C@H](NC(=O)[C@H](N)CCCN=C(N)N)[C@@H](C)CC)C(=O)O. The van der Waals surface area contributed by atoms with Crippen LogP contribution < -0.4 is 49.9 Å². The van der Waals surface area contributed by atoms with E-state index in [1.807, 2.05) is 20.8 Å². The smallest absolute Gasteiger partial charge is 0.326 e. The first kappa shape index (κ1) is 42.9. The molecule has 15 N–H and O–H groups in total. The Morgan fingerprint density at radius 3 is 1.55 bits per heavy atom. The fourth-order valence-corrected chi connectivity index (χ4v) is 4.56. The second-order valence-electron chi connectivity index (χ2n) is 12.3. The standard InChI is InChI=1S/C30H59N11O6/c1-7-17(5)22(40-24(42)19(31)11-9-13-36-29(32)33)27(45)39-21(15-16(3)4)26(44)38-20(12-10-14-37-30(34)35)25(43)41-23(28(46)47)18(6)8-2/h16-23H,7-15,31H2,1-6H3,(H,38,44)(H,39,45)(H,40,42)(H,41,43)(H,46,47)(H4,32,33,36)(H4,34,35,37)/t17-,18-,19+,20-,21+,22+,23-/m0/s1. The molecule has 0 rings (SSSR count). The van der Waals surface area contributed by atoms with Crippen molar-refractivity contribution in [2.45, 2.75) is 117 Å². The summed E-state index contributed by atoms with van der Waals surface area (Å²) in [6.07, 6.45) is 2.38. The van der Waals surface area contributed by atoms with Crippen LogP contribution in [0.5, 0.6) is 0 Å². The Bertz CT molecular complexity index is 1080. The molecule has 0 aliphatic heterocycles. The number of carbonyl (C=O) groups is 5. The topological polar surface area (TPSA) is 309 Å². The predicted octanol–water partition coefficient (Wildman–Crippen LogP) is -1.42. The molecule has 0 aromatic carbocycles. The van der Waals surface area contributed by atoms with Gasteiger partial charge in [-0.2, -0.15) is 0 Å². The lowest BCUT2D eigenvalue weighted by Crippen LogP contribution is -2.60. The van der Waals surface area contributed by atoms with Crippen molar-refractivity contribution >= 4 is 41.5 Å². The fourth-order valence-electron chi connectivity index (χ4n) is 4.56. The summed E-state index contributed by atoms with van der Waals surface area (Å²) in [5.74, 6) is -4.58. The number of nitrogens with zero attached hydrogens (tertiary/aromatic N) is 2. The van der Waals surface area contributed by atoms with Gasteiger partial charge >= 0.3 is 5.97 Å². The van der Waals surface area contributed by atoms with Gasteiger partial charge in [0, 0.05) is 13.1 Å². The molecule has 0 heterocycles. The van der Waals surface area contributed by atoms with E-state index in [0.29, 0.717) is 32.2 Å². The van der Waals surface area contributed by atoms with Gasteiger partial charge in [-0.15, -0.1) is 0 Å². The van der Waals surface area contributed by atoms with Crippen LogP contribution in [0.25, 0.3) is 0 Å². The first-order valence-electron chi connectivity index (χ1n) is 16.2. The zero-order chi connectivity index (χ0) is 36.3. The number of hydrogen-bond donors (Lipinski definition) is 10. The number of rotatable bonds is 23. The van der Waals surface area contributed by atoms with Gasteiger partial charge in [0.2, 0.25) is 23.6 Å². The van der Waals surface area contributed by atoms with Crippen molar-refractivity contribution in [1.29, 1.82) is 0 Å². The van der Waals surface area contributed by atoms with Crippen molar-refractivity contribution < 1.29 is 29.1 Å². The minimum atomic E-state index is -1.20. The molecule has 0 aliphatic rings. The molecule has 0 unspecified atom stereocenters. The summed E-state index contributed by atoms with van der Waals surface area (Å²) in [7, 11) is 0. The van der Waals surface area contributed by atoms with Crippen LogP contribution in [-0.4, -0.2) is 89.9 Å². The molecule has 7 atom stereocenters. The van der Waals surface area contributed by atoms with E-state index in [1.54, 1.807) is 20.8 Å². The summed E-state index contributed by atoms with van der Waals surface area (Å²) in [4.78, 5) is 73.1. The maximum absolute atomic E-state index is 13.6. The van der Waals surface area contributed by atoms with E-state index in [2.05, 4.69) is 31.3 Å². The molecule has 0 aromatic rings. The monoisotopic (exact) mass is 669 g/mol. The van der Waals surface area contributed by atoms with Gasteiger partial charge in [0.25, 0.3) is 0 Å². The van der Waals surface area contributed by atoms with Crippen LogP contribution in [0.2, 0.25) is 0 Å². The molecule has 0 fully saturated rings. The molecule has 270 valence electrons. The largest absolute Gasteiger partial charge is 0.480 e. The van der Waals surface area contributed by atoms with Crippen molar-refractivity contribution in [3.8, 4) is 0 Å². The number of amides is 4. The van der Waals surface area contributed by atoms with Crippen LogP contribution in [-0.2, 0) is 24.0 Å². The van der Waals surface area contributed by atoms with E-state index in [0.717, 1.165) is 0 Å². The summed E-state index contributed by atoms with van der Waals surface area (Å²) in [5, 5.41) is 20.4. The van der Waals surface area contributed by atoms with Gasteiger partial charge in [0.05, 0.1) is 6.04 Å². The van der Waals surface area contributed by atoms with Crippen LogP contribution in [0.15, 0.2) is 9.98 Å². The molecular weight excluding hydrogens is 610 g/mol. The molecule has 17 nitrogen and oxygen atoms in total. The fraction of sp³-hybridized carbons (Fsp3) is 0.767. The van der Waals surface area contributed by atoms with Crippen molar-refractivity contribution in [3.63, 3.8) is 0 Å². The Hall–Kier alpha value is -4.15. The molecule has 0 spiro atoms. The van der Waals surface area contributed by atoms with Crippen LogP contribution in [0, 0.1) is 17.8 Å². The van der Waals surface area contributed by atoms with Crippen molar-refractivity contribution in [2.24, 2.45) is 56.4 Å². The van der Waals surface area contributed by atoms with E-state index < -0.39 is 59.8 Å². The maximum atomic E-state index is 13.6. The van der Waals surface area contributed by atoms with E-state index in [4.69, 9.17) is 28.7 Å². The van der Waals surface area contributed by atoms with Crippen molar-refractivity contribution in [2.75, 3.05) is 13.1 Å². The Kier molecular flexibility index (Phi) is 20.4. The van der Waals surface area contributed by atoms with Crippen molar-refractivity contribution in [1.82, 2.24) is 21.3 Å². The summed E-state index contributed by atoms with van der Waals surface area (Å²) in [6.45, 7) is 11.4.